The van der Waals surface area contributed by atoms with Gasteiger partial charge in [0.15, 0.2) is 0 Å². The maximum absolute atomic E-state index is 11.8. The molecule has 96 valence electrons. The number of nitrogens with zero attached hydrogens (tertiary/aromatic N) is 2. The van der Waals surface area contributed by atoms with Gasteiger partial charge in [0, 0.05) is 6.42 Å². The molecule has 0 saturated heterocycles. The molecule has 1 aromatic rings. The summed E-state index contributed by atoms with van der Waals surface area (Å²) in [6.07, 6.45) is -5.20. The maximum atomic E-state index is 11.8. The van der Waals surface area contributed by atoms with Crippen LogP contribution < -0.4 is 5.32 Å². The van der Waals surface area contributed by atoms with E-state index in [1.807, 2.05) is 6.92 Å². The van der Waals surface area contributed by atoms with Crippen LogP contribution in [0.5, 0.6) is 0 Å². The second kappa shape index (κ2) is 5.95. The summed E-state index contributed by atoms with van der Waals surface area (Å²) < 4.78 is 35.5. The molecule has 4 nitrogen and oxygen atoms in total. The first-order valence-electron chi connectivity index (χ1n) is 5.05. The Bertz CT molecular complexity index is 378. The third-order valence-corrected chi connectivity index (χ3v) is 2.95. The van der Waals surface area contributed by atoms with Crippen LogP contribution in [0.4, 0.5) is 13.2 Å². The third-order valence-electron chi connectivity index (χ3n) is 1.88. The van der Waals surface area contributed by atoms with E-state index in [1.54, 1.807) is 0 Å². The van der Waals surface area contributed by atoms with Gasteiger partial charge in [-0.05, 0) is 6.42 Å². The summed E-state index contributed by atoms with van der Waals surface area (Å²) in [5, 5.41) is 11.4. The molecule has 0 aliphatic rings. The van der Waals surface area contributed by atoms with Crippen LogP contribution in [0.2, 0.25) is 0 Å². The number of carbonyl (C=O) groups is 1. The first kappa shape index (κ1) is 13.9. The summed E-state index contributed by atoms with van der Waals surface area (Å²) in [7, 11) is 0. The number of amides is 1. The first-order valence-corrected chi connectivity index (χ1v) is 5.87. The molecule has 8 heteroatoms. The normalized spacial score (nSPS) is 11.5. The van der Waals surface area contributed by atoms with E-state index in [4.69, 9.17) is 0 Å². The van der Waals surface area contributed by atoms with Gasteiger partial charge in [-0.1, -0.05) is 18.3 Å². The quantitative estimate of drug-likeness (QED) is 0.888. The van der Waals surface area contributed by atoms with Gasteiger partial charge >= 0.3 is 6.18 Å². The Morgan fingerprint density at radius 1 is 1.35 bits per heavy atom. The van der Waals surface area contributed by atoms with E-state index in [1.165, 1.54) is 11.3 Å². The molecule has 0 aromatic carbocycles. The Hall–Kier alpha value is -1.18. The number of alkyl halides is 3. The van der Waals surface area contributed by atoms with Crippen LogP contribution in [0, 0.1) is 0 Å². The number of hydrogen-bond donors (Lipinski definition) is 1. The highest BCUT2D eigenvalue weighted by atomic mass is 32.1. The molecule has 0 bridgehead atoms. The lowest BCUT2D eigenvalue weighted by Gasteiger charge is -2.05. The molecule has 0 atom stereocenters. The lowest BCUT2D eigenvalue weighted by atomic mass is 10.3. The van der Waals surface area contributed by atoms with Gasteiger partial charge in [0.25, 0.3) is 0 Å². The van der Waals surface area contributed by atoms with E-state index in [-0.39, 0.29) is 6.54 Å². The van der Waals surface area contributed by atoms with Crippen LogP contribution in [-0.4, -0.2) is 22.3 Å². The maximum Gasteiger partial charge on any atom is 0.389 e. The second-order valence-electron chi connectivity index (χ2n) is 3.33. The van der Waals surface area contributed by atoms with Crippen LogP contribution in [0.1, 0.15) is 29.8 Å². The number of aryl methyl sites for hydroxylation is 1. The number of halogens is 3. The molecule has 17 heavy (non-hydrogen) atoms. The lowest BCUT2D eigenvalue weighted by Crippen LogP contribution is -2.24. The van der Waals surface area contributed by atoms with Gasteiger partial charge in [-0.3, -0.25) is 4.79 Å². The first-order chi connectivity index (χ1) is 7.90. The SMILES string of the molecule is CCc1nnc(CNC(=O)CCC(F)(F)F)s1. The van der Waals surface area contributed by atoms with Crippen LogP contribution in [0.3, 0.4) is 0 Å². The molecule has 0 radical (unpaired) electrons. The number of aromatic nitrogens is 2. The molecule has 1 aromatic heterocycles. The smallest absolute Gasteiger partial charge is 0.350 e. The summed E-state index contributed by atoms with van der Waals surface area (Å²) in [4.78, 5) is 11.1. The van der Waals surface area contributed by atoms with Crippen molar-refractivity contribution in [2.75, 3.05) is 0 Å². The third kappa shape index (κ3) is 5.62. The zero-order chi connectivity index (χ0) is 12.9. The van der Waals surface area contributed by atoms with Crippen molar-refractivity contribution < 1.29 is 18.0 Å². The summed E-state index contributed by atoms with van der Waals surface area (Å²) in [6, 6.07) is 0. The predicted molar refractivity (Wildman–Crippen MR) is 56.4 cm³/mol. The molecule has 1 amide bonds. The molecule has 0 aliphatic heterocycles. The molecule has 0 unspecified atom stereocenters. The number of carbonyl (C=O) groups excluding carboxylic acids is 1. The van der Waals surface area contributed by atoms with Crippen molar-refractivity contribution in [3.05, 3.63) is 10.0 Å². The minimum atomic E-state index is -4.30. The van der Waals surface area contributed by atoms with Crippen LogP contribution in [-0.2, 0) is 17.8 Å². The van der Waals surface area contributed by atoms with Gasteiger partial charge in [-0.2, -0.15) is 13.2 Å². The molecule has 0 spiro atoms. The van der Waals surface area contributed by atoms with E-state index in [2.05, 4.69) is 15.5 Å². The van der Waals surface area contributed by atoms with Gasteiger partial charge in [0.1, 0.15) is 10.0 Å². The Labute approximate surface area is 100 Å². The Balaban J connectivity index is 2.28. The number of hydrogen-bond acceptors (Lipinski definition) is 4. The summed E-state index contributed by atoms with van der Waals surface area (Å²) in [6.45, 7) is 2.06. The topological polar surface area (TPSA) is 54.9 Å². The summed E-state index contributed by atoms with van der Waals surface area (Å²) in [5.74, 6) is -0.629. The van der Waals surface area contributed by atoms with E-state index >= 15 is 0 Å². The van der Waals surface area contributed by atoms with Gasteiger partial charge in [-0.25, -0.2) is 0 Å². The average Bonchev–Trinajstić information content (AvgIpc) is 2.70. The fraction of sp³-hybridized carbons (Fsp3) is 0.667. The highest BCUT2D eigenvalue weighted by Crippen LogP contribution is 2.21. The zero-order valence-corrected chi connectivity index (χ0v) is 9.99. The standard InChI is InChI=1S/C9H12F3N3OS/c1-2-7-14-15-8(17-7)5-13-6(16)3-4-9(10,11)12/h2-5H2,1H3,(H,13,16). The molecule has 1 N–H and O–H groups in total. The molecule has 0 saturated carbocycles. The van der Waals surface area contributed by atoms with Crippen molar-refractivity contribution in [2.45, 2.75) is 38.9 Å². The number of rotatable bonds is 5. The fourth-order valence-corrected chi connectivity index (χ4v) is 1.74. The van der Waals surface area contributed by atoms with Gasteiger partial charge in [0.2, 0.25) is 5.91 Å². The van der Waals surface area contributed by atoms with Crippen LogP contribution in [0.15, 0.2) is 0 Å². The molecular weight excluding hydrogens is 255 g/mol. The number of nitrogens with one attached hydrogen (secondary N) is 1. The minimum absolute atomic E-state index is 0.133. The van der Waals surface area contributed by atoms with E-state index in [0.29, 0.717) is 5.01 Å². The minimum Gasteiger partial charge on any atom is -0.350 e. The second-order valence-corrected chi connectivity index (χ2v) is 4.48. The van der Waals surface area contributed by atoms with Crippen molar-refractivity contribution in [1.29, 1.82) is 0 Å². The van der Waals surface area contributed by atoms with Crippen molar-refractivity contribution >= 4 is 17.2 Å². The monoisotopic (exact) mass is 267 g/mol. The van der Waals surface area contributed by atoms with E-state index in [0.717, 1.165) is 11.4 Å². The largest absolute Gasteiger partial charge is 0.389 e. The molecule has 0 aliphatic carbocycles. The molecule has 0 fully saturated rings. The van der Waals surface area contributed by atoms with E-state index in [9.17, 15) is 18.0 Å². The Kier molecular flexibility index (Phi) is 4.86. The Morgan fingerprint density at radius 2 is 2.00 bits per heavy atom. The molecule has 1 rings (SSSR count). The van der Waals surface area contributed by atoms with Crippen molar-refractivity contribution in [2.24, 2.45) is 0 Å². The van der Waals surface area contributed by atoms with Gasteiger partial charge < -0.3 is 5.32 Å². The molecule has 1 heterocycles. The van der Waals surface area contributed by atoms with Crippen molar-refractivity contribution in [3.63, 3.8) is 0 Å². The van der Waals surface area contributed by atoms with Crippen LogP contribution in [0.25, 0.3) is 0 Å². The lowest BCUT2D eigenvalue weighted by molar-refractivity contribution is -0.144. The summed E-state index contributed by atoms with van der Waals surface area (Å²) >= 11 is 1.34. The van der Waals surface area contributed by atoms with Crippen LogP contribution >= 0.6 is 11.3 Å². The highest BCUT2D eigenvalue weighted by molar-refractivity contribution is 7.11. The van der Waals surface area contributed by atoms with Crippen molar-refractivity contribution in [1.82, 2.24) is 15.5 Å². The van der Waals surface area contributed by atoms with Gasteiger partial charge in [0.05, 0.1) is 13.0 Å². The fourth-order valence-electron chi connectivity index (χ4n) is 1.02. The predicted octanol–water partition coefficient (Wildman–Crippen LogP) is 2.06. The Morgan fingerprint density at radius 3 is 2.53 bits per heavy atom. The van der Waals surface area contributed by atoms with Crippen molar-refractivity contribution in [3.8, 4) is 0 Å². The molecular formula is C9H12F3N3OS. The van der Waals surface area contributed by atoms with Gasteiger partial charge in [-0.15, -0.1) is 10.2 Å². The average molecular weight is 267 g/mol. The zero-order valence-electron chi connectivity index (χ0n) is 9.17. The summed E-state index contributed by atoms with van der Waals surface area (Å²) in [5.41, 5.74) is 0. The highest BCUT2D eigenvalue weighted by Gasteiger charge is 2.27. The van der Waals surface area contributed by atoms with E-state index < -0.39 is 24.9 Å².